The normalized spacial score (nSPS) is 20.3. The molecule has 2 aromatic carbocycles. The Kier molecular flexibility index (Phi) is 7.25. The summed E-state index contributed by atoms with van der Waals surface area (Å²) in [5, 5.41) is 3.16. The van der Waals surface area contributed by atoms with Gasteiger partial charge in [0.15, 0.2) is 11.5 Å². The van der Waals surface area contributed by atoms with E-state index in [1.54, 1.807) is 7.11 Å². The largest absolute Gasteiger partial charge is 0.493 e. The van der Waals surface area contributed by atoms with Gasteiger partial charge in [0, 0.05) is 24.4 Å². The lowest BCUT2D eigenvalue weighted by atomic mass is 10.0. The molecule has 7 nitrogen and oxygen atoms in total. The van der Waals surface area contributed by atoms with E-state index in [1.807, 2.05) is 66.4 Å². The van der Waals surface area contributed by atoms with Crippen molar-refractivity contribution >= 4 is 23.2 Å². The minimum absolute atomic E-state index is 0.00676. The maximum atomic E-state index is 13.1. The SMILES string of the molecule is COc1ccc2cc1Oc1cccc(c1)CO[C@@H]1CCN(C(=O)c3ccc(C)s3)C[C@@H]1NC(=O)CC2. The van der Waals surface area contributed by atoms with Crippen molar-refractivity contribution in [3.8, 4) is 17.2 Å². The molecule has 3 heterocycles. The first-order valence-corrected chi connectivity index (χ1v) is 13.0. The number of ether oxygens (including phenoxy) is 3. The van der Waals surface area contributed by atoms with Gasteiger partial charge in [-0.3, -0.25) is 9.59 Å². The number of hydrogen-bond donors (Lipinski definition) is 1. The van der Waals surface area contributed by atoms with Crippen molar-refractivity contribution < 1.29 is 23.8 Å². The molecule has 0 aliphatic carbocycles. The van der Waals surface area contributed by atoms with E-state index in [9.17, 15) is 9.59 Å². The lowest BCUT2D eigenvalue weighted by molar-refractivity contribution is -0.124. The van der Waals surface area contributed by atoms with Gasteiger partial charge in [0.1, 0.15) is 5.75 Å². The first kappa shape index (κ1) is 24.3. The third kappa shape index (κ3) is 5.55. The third-order valence-electron chi connectivity index (χ3n) is 6.59. The number of thiophene rings is 1. The van der Waals surface area contributed by atoms with Crippen LogP contribution in [0.2, 0.25) is 0 Å². The van der Waals surface area contributed by atoms with E-state index in [-0.39, 0.29) is 24.0 Å². The average Bonchev–Trinajstić information content (AvgIpc) is 3.32. The van der Waals surface area contributed by atoms with Crippen LogP contribution in [0.25, 0.3) is 0 Å². The molecule has 5 rings (SSSR count). The van der Waals surface area contributed by atoms with E-state index in [4.69, 9.17) is 14.2 Å². The molecule has 2 aliphatic heterocycles. The van der Waals surface area contributed by atoms with E-state index in [2.05, 4.69) is 5.32 Å². The highest BCUT2D eigenvalue weighted by Gasteiger charge is 2.34. The first-order valence-electron chi connectivity index (χ1n) is 12.2. The summed E-state index contributed by atoms with van der Waals surface area (Å²) in [6.07, 6.45) is 1.33. The number of rotatable bonds is 2. The molecule has 1 fully saturated rings. The van der Waals surface area contributed by atoms with Crippen LogP contribution in [-0.4, -0.2) is 49.1 Å². The molecule has 2 aliphatic rings. The number of methoxy groups -OCH3 is 1. The molecule has 2 amide bonds. The summed E-state index contributed by atoms with van der Waals surface area (Å²) < 4.78 is 17.9. The van der Waals surface area contributed by atoms with Crippen LogP contribution in [0.1, 0.15) is 38.5 Å². The van der Waals surface area contributed by atoms with Gasteiger partial charge in [0.05, 0.1) is 30.7 Å². The van der Waals surface area contributed by atoms with Crippen molar-refractivity contribution in [2.75, 3.05) is 20.2 Å². The molecular weight excluding hydrogens is 476 g/mol. The quantitative estimate of drug-likeness (QED) is 0.544. The molecule has 1 aromatic heterocycles. The number of benzene rings is 2. The second-order valence-electron chi connectivity index (χ2n) is 9.21. The van der Waals surface area contributed by atoms with Gasteiger partial charge >= 0.3 is 0 Å². The van der Waals surface area contributed by atoms with Gasteiger partial charge < -0.3 is 24.4 Å². The number of hydrogen-bond acceptors (Lipinski definition) is 6. The molecule has 4 bridgehead atoms. The Labute approximate surface area is 215 Å². The van der Waals surface area contributed by atoms with Gasteiger partial charge in [0.25, 0.3) is 5.91 Å². The van der Waals surface area contributed by atoms with Crippen LogP contribution in [0, 0.1) is 6.92 Å². The summed E-state index contributed by atoms with van der Waals surface area (Å²) >= 11 is 1.50. The summed E-state index contributed by atoms with van der Waals surface area (Å²) in [5.74, 6) is 1.87. The van der Waals surface area contributed by atoms with Crippen LogP contribution in [0.4, 0.5) is 0 Å². The van der Waals surface area contributed by atoms with Crippen molar-refractivity contribution in [2.24, 2.45) is 0 Å². The second kappa shape index (κ2) is 10.7. The lowest BCUT2D eigenvalue weighted by Gasteiger charge is -2.38. The number of amides is 2. The average molecular weight is 507 g/mol. The lowest BCUT2D eigenvalue weighted by Crippen LogP contribution is -2.57. The number of piperidine rings is 1. The van der Waals surface area contributed by atoms with E-state index >= 15 is 0 Å². The van der Waals surface area contributed by atoms with E-state index in [1.165, 1.54) is 11.3 Å². The Bertz CT molecular complexity index is 1260. The zero-order valence-corrected chi connectivity index (χ0v) is 21.3. The number of nitrogens with one attached hydrogen (secondary N) is 1. The molecule has 0 spiro atoms. The zero-order chi connectivity index (χ0) is 25.1. The van der Waals surface area contributed by atoms with Crippen molar-refractivity contribution in [3.63, 3.8) is 0 Å². The molecule has 0 unspecified atom stereocenters. The monoisotopic (exact) mass is 506 g/mol. The topological polar surface area (TPSA) is 77.1 Å². The van der Waals surface area contributed by atoms with Gasteiger partial charge in [-0.05, 0) is 67.3 Å². The molecule has 1 N–H and O–H groups in total. The number of fused-ring (bicyclic) bond motifs is 5. The summed E-state index contributed by atoms with van der Waals surface area (Å²) in [6, 6.07) is 17.1. The molecular formula is C28H30N2O5S. The van der Waals surface area contributed by atoms with Crippen LogP contribution >= 0.6 is 11.3 Å². The van der Waals surface area contributed by atoms with Crippen molar-refractivity contribution in [3.05, 3.63) is 75.5 Å². The molecule has 188 valence electrons. The second-order valence-corrected chi connectivity index (χ2v) is 10.5. The summed E-state index contributed by atoms with van der Waals surface area (Å²) in [4.78, 5) is 29.7. The number of carbonyl (C=O) groups excluding carboxylic acids is 2. The predicted octanol–water partition coefficient (Wildman–Crippen LogP) is 4.72. The van der Waals surface area contributed by atoms with E-state index < -0.39 is 0 Å². The molecule has 36 heavy (non-hydrogen) atoms. The number of nitrogens with zero attached hydrogens (tertiary/aromatic N) is 1. The zero-order valence-electron chi connectivity index (χ0n) is 20.5. The standard InChI is InChI=1S/C28H30N2O5S/c1-18-6-10-26(36-18)28(32)30-13-12-23-22(16-30)29-27(31)11-8-19-7-9-24(33-2)25(15-19)35-21-5-3-4-20(14-21)17-34-23/h3-7,9-10,14-15,22-23H,8,11-13,16-17H2,1-2H3,(H,29,31)/t22-,23+/m0/s1. The van der Waals surface area contributed by atoms with Gasteiger partial charge in [-0.15, -0.1) is 11.3 Å². The van der Waals surface area contributed by atoms with Crippen LogP contribution < -0.4 is 14.8 Å². The highest BCUT2D eigenvalue weighted by molar-refractivity contribution is 7.13. The van der Waals surface area contributed by atoms with Gasteiger partial charge in [-0.2, -0.15) is 0 Å². The van der Waals surface area contributed by atoms with Crippen LogP contribution in [0.5, 0.6) is 17.2 Å². The van der Waals surface area contributed by atoms with Gasteiger partial charge in [-0.1, -0.05) is 18.2 Å². The summed E-state index contributed by atoms with van der Waals surface area (Å²) in [6.45, 7) is 3.38. The van der Waals surface area contributed by atoms with Crippen molar-refractivity contribution in [1.82, 2.24) is 10.2 Å². The van der Waals surface area contributed by atoms with Crippen molar-refractivity contribution in [1.29, 1.82) is 0 Å². The Balaban J connectivity index is 1.39. The fourth-order valence-corrected chi connectivity index (χ4v) is 5.52. The molecule has 0 saturated carbocycles. The Hall–Kier alpha value is -3.36. The van der Waals surface area contributed by atoms with Crippen molar-refractivity contribution in [2.45, 2.75) is 44.9 Å². The minimum atomic E-state index is -0.285. The predicted molar refractivity (Wildman–Crippen MR) is 138 cm³/mol. The Morgan fingerprint density at radius 2 is 2.00 bits per heavy atom. The van der Waals surface area contributed by atoms with Gasteiger partial charge in [-0.25, -0.2) is 0 Å². The van der Waals surface area contributed by atoms with E-state index in [0.29, 0.717) is 56.2 Å². The third-order valence-corrected chi connectivity index (χ3v) is 7.58. The highest BCUT2D eigenvalue weighted by atomic mass is 32.1. The Morgan fingerprint density at radius 3 is 2.81 bits per heavy atom. The fraction of sp³-hybridized carbons (Fsp3) is 0.357. The summed E-state index contributed by atoms with van der Waals surface area (Å²) in [7, 11) is 1.61. The summed E-state index contributed by atoms with van der Waals surface area (Å²) in [5.41, 5.74) is 1.95. The number of aryl methyl sites for hydroxylation is 2. The van der Waals surface area contributed by atoms with Gasteiger partial charge in [0.2, 0.25) is 5.91 Å². The number of carbonyl (C=O) groups is 2. The molecule has 0 radical (unpaired) electrons. The molecule has 2 atom stereocenters. The first-order chi connectivity index (χ1) is 17.5. The smallest absolute Gasteiger partial charge is 0.264 e. The maximum absolute atomic E-state index is 13.1. The molecule has 1 saturated heterocycles. The Morgan fingerprint density at radius 1 is 1.11 bits per heavy atom. The number of likely N-dealkylation sites (tertiary alicyclic amines) is 1. The maximum Gasteiger partial charge on any atom is 0.264 e. The van der Waals surface area contributed by atoms with Crippen LogP contribution in [0.3, 0.4) is 0 Å². The fourth-order valence-electron chi connectivity index (χ4n) is 4.68. The van der Waals surface area contributed by atoms with E-state index in [0.717, 1.165) is 20.9 Å². The highest BCUT2D eigenvalue weighted by Crippen LogP contribution is 2.33. The molecule has 8 heteroatoms. The minimum Gasteiger partial charge on any atom is -0.493 e. The molecule has 3 aromatic rings. The van der Waals surface area contributed by atoms with Crippen LogP contribution in [-0.2, 0) is 22.6 Å². The van der Waals surface area contributed by atoms with Crippen LogP contribution in [0.15, 0.2) is 54.6 Å².